The zero-order chi connectivity index (χ0) is 68.2. The Hall–Kier alpha value is -10.2. The van der Waals surface area contributed by atoms with Crippen LogP contribution in [0.5, 0.6) is 5.75 Å². The van der Waals surface area contributed by atoms with E-state index in [1.165, 1.54) is 120 Å². The number of methoxy groups -OCH3 is 1. The quantitative estimate of drug-likeness (QED) is 0.0564. The van der Waals surface area contributed by atoms with Gasteiger partial charge in [0.05, 0.1) is 82.3 Å². The first-order valence-electron chi connectivity index (χ1n) is 27.1. The second-order valence-corrected chi connectivity index (χ2v) is 30.6. The summed E-state index contributed by atoms with van der Waals surface area (Å²) >= 11 is 19.6. The van der Waals surface area contributed by atoms with E-state index in [-0.39, 0.29) is 65.3 Å². The molecule has 12 aromatic rings. The van der Waals surface area contributed by atoms with Gasteiger partial charge in [0.1, 0.15) is 54.8 Å². The van der Waals surface area contributed by atoms with Gasteiger partial charge in [-0.2, -0.15) is 0 Å². The smallest absolute Gasteiger partial charge is 0.333 e. The molecule has 0 aliphatic carbocycles. The van der Waals surface area contributed by atoms with Crippen LogP contribution in [0.3, 0.4) is 0 Å². The Morgan fingerprint density at radius 3 is 1.45 bits per heavy atom. The Bertz CT molecular complexity index is 5620. The third-order valence-corrected chi connectivity index (χ3v) is 22.6. The van der Waals surface area contributed by atoms with Gasteiger partial charge in [-0.25, -0.2) is 83.1 Å². The number of nitrogens with one attached hydrogen (secondary N) is 7. The number of rotatable bonds is 13. The van der Waals surface area contributed by atoms with Crippen LogP contribution in [0.1, 0.15) is 5.56 Å². The number of anilines is 4. The summed E-state index contributed by atoms with van der Waals surface area (Å²) in [4.78, 5) is 95.7. The molecule has 0 spiro atoms. The number of urea groups is 3. The fourth-order valence-corrected chi connectivity index (χ4v) is 16.2. The second kappa shape index (κ2) is 28.0. The fraction of sp³-hybridized carbons (Fsp3) is 0.0517. The van der Waals surface area contributed by atoms with Gasteiger partial charge in [-0.1, -0.05) is 46.9 Å². The summed E-state index contributed by atoms with van der Waals surface area (Å²) in [5.74, 6) is 0.340. The summed E-state index contributed by atoms with van der Waals surface area (Å²) in [5, 5.41) is 11.4. The van der Waals surface area contributed by atoms with Crippen molar-refractivity contribution < 1.29 is 48.8 Å². The molecule has 0 fully saturated rings. The normalized spacial score (nSPS) is 11.9. The maximum Gasteiger partial charge on any atom is 0.333 e. The number of aromatic nitrogens is 8. The van der Waals surface area contributed by atoms with Crippen molar-refractivity contribution in [2.75, 3.05) is 34.9 Å². The van der Waals surface area contributed by atoms with Gasteiger partial charge in [-0.15, -0.1) is 34.0 Å². The lowest BCUT2D eigenvalue weighted by molar-refractivity contribution is 0.255. The van der Waals surface area contributed by atoms with Crippen molar-refractivity contribution in [3.8, 4) is 23.1 Å². The highest BCUT2D eigenvalue weighted by molar-refractivity contribution is 7.93. The first-order chi connectivity index (χ1) is 45.8. The molecular formula is C58H41Cl3FN15O13S6. The lowest BCUT2D eigenvalue weighted by Gasteiger charge is -2.11. The molecule has 38 heteroatoms. The molecule has 0 unspecified atom stereocenters. The lowest BCUT2D eigenvalue weighted by atomic mass is 10.1. The minimum atomic E-state index is -4.13. The number of halogens is 4. The number of carbonyl (C=O) groups excluding carboxylic acids is 3. The van der Waals surface area contributed by atoms with Crippen molar-refractivity contribution in [2.45, 2.75) is 19.0 Å². The molecule has 4 aromatic carbocycles. The van der Waals surface area contributed by atoms with E-state index in [0.717, 1.165) is 68.9 Å². The Labute approximate surface area is 567 Å². The van der Waals surface area contributed by atoms with Crippen LogP contribution in [-0.2, 0) is 36.5 Å². The number of para-hydroxylation sites is 1. The number of benzene rings is 4. The van der Waals surface area contributed by atoms with Gasteiger partial charge >= 0.3 is 18.1 Å². The minimum Gasteiger partial charge on any atom is -0.497 e. The van der Waals surface area contributed by atoms with Crippen molar-refractivity contribution in [3.63, 3.8) is 0 Å². The Morgan fingerprint density at radius 2 is 0.969 bits per heavy atom. The Morgan fingerprint density at radius 1 is 0.510 bits per heavy atom. The number of fused-ring (bicyclic) bond motifs is 4. The van der Waals surface area contributed by atoms with Crippen LogP contribution in [0.2, 0.25) is 13.0 Å². The number of hydrogen-bond acceptors (Lipinski definition) is 22. The molecule has 9 heterocycles. The average Bonchev–Trinajstić information content (AvgIpc) is 1.05. The van der Waals surface area contributed by atoms with E-state index in [1.807, 2.05) is 14.2 Å². The average molecular weight is 1470 g/mol. The molecule has 6 amide bonds. The van der Waals surface area contributed by atoms with Crippen LogP contribution in [0.15, 0.2) is 192 Å². The van der Waals surface area contributed by atoms with Gasteiger partial charge in [0.2, 0.25) is 0 Å². The summed E-state index contributed by atoms with van der Waals surface area (Å²) in [7, 11) is -10.7. The molecule has 0 saturated heterocycles. The van der Waals surface area contributed by atoms with Crippen LogP contribution in [0.4, 0.5) is 41.5 Å². The maximum absolute atomic E-state index is 14.9. The summed E-state index contributed by atoms with van der Waals surface area (Å²) in [6.45, 7) is 0.777. The number of thiophene rings is 3. The number of carbonyl (C=O) groups is 3. The fourth-order valence-electron chi connectivity index (χ4n) is 9.01. The van der Waals surface area contributed by atoms with Gasteiger partial charge in [-0.05, 0) is 127 Å². The van der Waals surface area contributed by atoms with Crippen molar-refractivity contribution in [3.05, 3.63) is 220 Å². The van der Waals surface area contributed by atoms with Crippen LogP contribution >= 0.6 is 68.8 Å². The van der Waals surface area contributed by atoms with Gasteiger partial charge in [-0.3, -0.25) is 28.1 Å². The van der Waals surface area contributed by atoms with Crippen LogP contribution < -0.4 is 56.8 Å². The van der Waals surface area contributed by atoms with E-state index in [2.05, 4.69) is 46.2 Å². The molecule has 96 heavy (non-hydrogen) atoms. The predicted molar refractivity (Wildman–Crippen MR) is 362 cm³/mol. The van der Waals surface area contributed by atoms with Crippen LogP contribution in [-0.4, -0.2) is 95.6 Å². The first-order valence-corrected chi connectivity index (χ1v) is 35.1. The number of pyridine rings is 2. The van der Waals surface area contributed by atoms with E-state index in [1.54, 1.807) is 54.6 Å². The van der Waals surface area contributed by atoms with Crippen LogP contribution in [0, 0.1) is 5.82 Å². The molecule has 490 valence electrons. The number of nitrogens with zero attached hydrogens (tertiary/aromatic N) is 8. The van der Waals surface area contributed by atoms with E-state index in [9.17, 15) is 58.4 Å². The first kappa shape index (κ1) is 67.2. The van der Waals surface area contributed by atoms with E-state index in [0.29, 0.717) is 44.3 Å². The van der Waals surface area contributed by atoms with Crippen molar-refractivity contribution >= 4 is 172 Å². The zero-order valence-corrected chi connectivity index (χ0v) is 55.5. The van der Waals surface area contributed by atoms with E-state index < -0.39 is 59.5 Å². The minimum absolute atomic E-state index is 0.0103. The monoisotopic (exact) mass is 1470 g/mol. The molecule has 8 aromatic heterocycles. The Balaban J connectivity index is 0.000000147. The Kier molecular flexibility index (Phi) is 19.6. The summed E-state index contributed by atoms with van der Waals surface area (Å²) in [5.41, 5.74) is 2.81. The number of amides is 6. The predicted octanol–water partition coefficient (Wildman–Crippen LogP) is 9.74. The van der Waals surface area contributed by atoms with Crippen molar-refractivity contribution in [1.29, 1.82) is 0 Å². The van der Waals surface area contributed by atoms with Crippen molar-refractivity contribution in [1.82, 2.24) is 52.8 Å². The molecule has 0 atom stereocenters. The highest BCUT2D eigenvalue weighted by atomic mass is 35.5. The highest BCUT2D eigenvalue weighted by Gasteiger charge is 2.24. The summed E-state index contributed by atoms with van der Waals surface area (Å²) in [6, 6.07) is 30.1. The zero-order valence-electron chi connectivity index (χ0n) is 48.3. The molecular weight excluding hydrogens is 1430 g/mol. The number of ether oxygens (including phenoxy) is 1. The van der Waals surface area contributed by atoms with Crippen molar-refractivity contribution in [2.24, 2.45) is 0 Å². The standard InChI is InChI=1S/C21H15ClFN5O4S2.C19H14ClN5O5S2.C18H12ClN5O4S2/c22-18-3-4-19(33-18)34(31,32)27-21(30)26-12-1-2-17(14(23)8-12)28-10-25-16-9-15-11(5-6-24-15)7-13(16)20(28)29;1-30-12-3-4-13-14(8-12)22-10-25(18(13)26)16-6-2-11(9-21-16)23-19(27)24-32(28,29)17-7-5-15(20)31-17;19-14-6-8-16(29-14)30(27,28)23-18(26)22-11-5-7-15(20-9-11)24-10-21-13-4-2-1-3-12(13)17(24)25/h1-4,7-10,24H,5-6H2,(H2,26,27,30);2-10H,1H3,(H2,23,24,27);1-10H,(H2,22,23,26). The lowest BCUT2D eigenvalue weighted by Crippen LogP contribution is -2.34. The molecule has 7 N–H and O–H groups in total. The third-order valence-electron chi connectivity index (χ3n) is 13.4. The van der Waals surface area contributed by atoms with Crippen LogP contribution in [0.25, 0.3) is 50.0 Å². The molecule has 1 aliphatic rings. The van der Waals surface area contributed by atoms with E-state index >= 15 is 0 Å². The number of sulfonamides is 3. The molecule has 0 bridgehead atoms. The molecule has 28 nitrogen and oxygen atoms in total. The van der Waals surface area contributed by atoms with Gasteiger partial charge in [0.25, 0.3) is 46.7 Å². The molecule has 1 aliphatic heterocycles. The van der Waals surface area contributed by atoms with Gasteiger partial charge < -0.3 is 26.0 Å². The van der Waals surface area contributed by atoms with Gasteiger partial charge in [0.15, 0.2) is 0 Å². The molecule has 0 saturated carbocycles. The third kappa shape index (κ3) is 15.3. The van der Waals surface area contributed by atoms with Gasteiger partial charge in [0, 0.05) is 24.0 Å². The SMILES string of the molecule is COc1ccc2c(=O)n(-c3ccc(NC(=O)NS(=O)(=O)c4ccc(Cl)s4)cn3)cnc2c1.O=C(Nc1ccc(-n2cnc3cc4c(cc3c2=O)CCN4)c(F)c1)NS(=O)(=O)c1ccc(Cl)s1.O=C(Nc1ccc(-n2cnc3ccccc3c2=O)nc1)NS(=O)(=O)c1ccc(Cl)s1. The highest BCUT2D eigenvalue weighted by Crippen LogP contribution is 2.30. The molecule has 13 rings (SSSR count). The summed E-state index contributed by atoms with van der Waals surface area (Å²) in [6.07, 6.45) is 7.31. The second-order valence-electron chi connectivity index (χ2n) is 19.7. The maximum atomic E-state index is 14.9. The molecule has 0 radical (unpaired) electrons. The van der Waals surface area contributed by atoms with E-state index in [4.69, 9.17) is 39.5 Å². The largest absolute Gasteiger partial charge is 0.497 e. The topological polar surface area (TPSA) is 378 Å². The summed E-state index contributed by atoms with van der Waals surface area (Å²) < 4.78 is 103. The number of hydrogen-bond donors (Lipinski definition) is 7.